The summed E-state index contributed by atoms with van der Waals surface area (Å²) in [4.78, 5) is 30.7. The van der Waals surface area contributed by atoms with Crippen LogP contribution in [0.2, 0.25) is 0 Å². The van der Waals surface area contributed by atoms with Crippen LogP contribution in [0.3, 0.4) is 0 Å². The number of amides is 2. The number of nitrogens with zero attached hydrogens (tertiary/aromatic N) is 3. The highest BCUT2D eigenvalue weighted by atomic mass is 16.5. The zero-order valence-corrected chi connectivity index (χ0v) is 16.8. The summed E-state index contributed by atoms with van der Waals surface area (Å²) < 4.78 is 6.27. The molecule has 3 heterocycles. The Labute approximate surface area is 167 Å². The minimum absolute atomic E-state index is 0.190. The van der Waals surface area contributed by atoms with Crippen molar-refractivity contribution in [1.29, 1.82) is 0 Å². The quantitative estimate of drug-likeness (QED) is 0.792. The van der Waals surface area contributed by atoms with Crippen LogP contribution in [0.4, 0.5) is 0 Å². The van der Waals surface area contributed by atoms with Gasteiger partial charge in [0.2, 0.25) is 11.8 Å². The molecule has 3 saturated heterocycles. The Hall–Kier alpha value is -1.92. The second kappa shape index (κ2) is 8.21. The highest BCUT2D eigenvalue weighted by Crippen LogP contribution is 2.31. The van der Waals surface area contributed by atoms with Crippen LogP contribution in [-0.4, -0.2) is 78.5 Å². The van der Waals surface area contributed by atoms with Gasteiger partial charge in [-0.15, -0.1) is 0 Å². The summed E-state index contributed by atoms with van der Waals surface area (Å²) in [5.41, 5.74) is 0.945. The van der Waals surface area contributed by atoms with Gasteiger partial charge < -0.3 is 19.4 Å². The first kappa shape index (κ1) is 19.4. The third kappa shape index (κ3) is 4.39. The lowest BCUT2D eigenvalue weighted by Crippen LogP contribution is -2.52. The molecule has 4 rings (SSSR count). The van der Waals surface area contributed by atoms with E-state index >= 15 is 0 Å². The zero-order valence-electron chi connectivity index (χ0n) is 16.8. The van der Waals surface area contributed by atoms with E-state index in [0.717, 1.165) is 39.0 Å². The van der Waals surface area contributed by atoms with E-state index < -0.39 is 0 Å². The van der Waals surface area contributed by atoms with E-state index in [9.17, 15) is 9.59 Å². The average Bonchev–Trinajstić information content (AvgIpc) is 2.92. The second-order valence-electron chi connectivity index (χ2n) is 8.66. The van der Waals surface area contributed by atoms with Gasteiger partial charge in [0.25, 0.3) is 0 Å². The largest absolute Gasteiger partial charge is 0.373 e. The van der Waals surface area contributed by atoms with Crippen molar-refractivity contribution in [3.8, 4) is 0 Å². The molecule has 1 unspecified atom stereocenters. The van der Waals surface area contributed by atoms with Gasteiger partial charge in [-0.1, -0.05) is 30.3 Å². The number of likely N-dealkylation sites (tertiary alicyclic amines) is 2. The van der Waals surface area contributed by atoms with Crippen molar-refractivity contribution < 1.29 is 14.3 Å². The van der Waals surface area contributed by atoms with Gasteiger partial charge in [0.1, 0.15) is 0 Å². The minimum atomic E-state index is -0.222. The van der Waals surface area contributed by atoms with Crippen LogP contribution in [-0.2, 0) is 20.9 Å². The maximum atomic E-state index is 12.6. The highest BCUT2D eigenvalue weighted by molar-refractivity contribution is 5.78. The Morgan fingerprint density at radius 1 is 1.11 bits per heavy atom. The molecule has 3 fully saturated rings. The number of piperidine rings is 1. The number of benzene rings is 1. The van der Waals surface area contributed by atoms with Crippen molar-refractivity contribution in [2.45, 2.75) is 37.8 Å². The minimum Gasteiger partial charge on any atom is -0.373 e. The van der Waals surface area contributed by atoms with Gasteiger partial charge in [0, 0.05) is 46.2 Å². The standard InChI is InChI=1S/C22H31N3O3/c1-23-14-19(13-21(23)27)15-24-10-8-22(9-11-24)17-25(20(26)7-12-28-22)16-18-5-3-2-4-6-18/h2-6,19H,7-17H2,1H3. The first-order valence-electron chi connectivity index (χ1n) is 10.4. The van der Waals surface area contributed by atoms with Gasteiger partial charge in [0.05, 0.1) is 25.2 Å². The maximum Gasteiger partial charge on any atom is 0.225 e. The Morgan fingerprint density at radius 3 is 2.54 bits per heavy atom. The summed E-state index contributed by atoms with van der Waals surface area (Å²) in [5, 5.41) is 0. The molecule has 152 valence electrons. The molecule has 0 saturated carbocycles. The van der Waals surface area contributed by atoms with Gasteiger partial charge in [-0.05, 0) is 24.3 Å². The Balaban J connectivity index is 1.35. The molecule has 1 atom stereocenters. The normalized spacial score (nSPS) is 26.1. The zero-order chi connectivity index (χ0) is 19.6. The van der Waals surface area contributed by atoms with Gasteiger partial charge in [0.15, 0.2) is 0 Å². The predicted molar refractivity (Wildman–Crippen MR) is 107 cm³/mol. The van der Waals surface area contributed by atoms with Crippen LogP contribution in [0.5, 0.6) is 0 Å². The number of hydrogen-bond acceptors (Lipinski definition) is 4. The summed E-state index contributed by atoms with van der Waals surface area (Å²) in [6, 6.07) is 10.2. The number of hydrogen-bond donors (Lipinski definition) is 0. The van der Waals surface area contributed by atoms with Crippen molar-refractivity contribution in [3.05, 3.63) is 35.9 Å². The predicted octanol–water partition coefficient (Wildman–Crippen LogP) is 1.75. The molecule has 3 aliphatic heterocycles. The lowest BCUT2D eigenvalue weighted by molar-refractivity contribution is -0.132. The van der Waals surface area contributed by atoms with Crippen molar-refractivity contribution in [3.63, 3.8) is 0 Å². The van der Waals surface area contributed by atoms with Crippen molar-refractivity contribution in [2.24, 2.45) is 5.92 Å². The summed E-state index contributed by atoms with van der Waals surface area (Å²) in [6.07, 6.45) is 3.03. The lowest BCUT2D eigenvalue weighted by atomic mass is 9.89. The molecular formula is C22H31N3O3. The van der Waals surface area contributed by atoms with Crippen LogP contribution in [0.1, 0.15) is 31.2 Å². The van der Waals surface area contributed by atoms with Crippen LogP contribution in [0.15, 0.2) is 30.3 Å². The SMILES string of the molecule is CN1CC(CN2CCC3(CC2)CN(Cc2ccccc2)C(=O)CCO3)CC1=O. The highest BCUT2D eigenvalue weighted by Gasteiger charge is 2.41. The van der Waals surface area contributed by atoms with E-state index in [1.54, 1.807) is 0 Å². The molecular weight excluding hydrogens is 354 g/mol. The number of carbonyl (C=O) groups excluding carboxylic acids is 2. The molecule has 1 aromatic rings. The molecule has 0 N–H and O–H groups in total. The van der Waals surface area contributed by atoms with Gasteiger partial charge >= 0.3 is 0 Å². The summed E-state index contributed by atoms with van der Waals surface area (Å²) in [5.74, 6) is 0.897. The van der Waals surface area contributed by atoms with E-state index in [-0.39, 0.29) is 17.4 Å². The molecule has 0 aromatic heterocycles. The molecule has 1 spiro atoms. The third-order valence-electron chi connectivity index (χ3n) is 6.48. The summed E-state index contributed by atoms with van der Waals surface area (Å²) >= 11 is 0. The first-order chi connectivity index (χ1) is 13.5. The maximum absolute atomic E-state index is 12.6. The number of carbonyl (C=O) groups is 2. The molecule has 1 aromatic carbocycles. The fourth-order valence-electron chi connectivity index (χ4n) is 4.83. The van der Waals surface area contributed by atoms with Crippen LogP contribution in [0.25, 0.3) is 0 Å². The van der Waals surface area contributed by atoms with Gasteiger partial charge in [-0.3, -0.25) is 9.59 Å². The van der Waals surface area contributed by atoms with E-state index in [1.165, 1.54) is 5.56 Å². The fraction of sp³-hybridized carbons (Fsp3) is 0.636. The fourth-order valence-corrected chi connectivity index (χ4v) is 4.83. The number of rotatable bonds is 4. The summed E-state index contributed by atoms with van der Waals surface area (Å²) in [7, 11) is 1.89. The molecule has 0 aliphatic carbocycles. The number of ether oxygens (including phenoxy) is 1. The smallest absolute Gasteiger partial charge is 0.225 e. The van der Waals surface area contributed by atoms with Crippen molar-refractivity contribution in [1.82, 2.24) is 14.7 Å². The van der Waals surface area contributed by atoms with E-state index in [0.29, 0.717) is 38.5 Å². The van der Waals surface area contributed by atoms with Crippen LogP contribution in [0, 0.1) is 5.92 Å². The molecule has 6 heteroatoms. The molecule has 2 amide bonds. The van der Waals surface area contributed by atoms with Crippen molar-refractivity contribution in [2.75, 3.05) is 46.4 Å². The monoisotopic (exact) mass is 385 g/mol. The Bertz CT molecular complexity index is 700. The van der Waals surface area contributed by atoms with E-state index in [2.05, 4.69) is 17.0 Å². The van der Waals surface area contributed by atoms with Gasteiger partial charge in [-0.25, -0.2) is 0 Å². The second-order valence-corrected chi connectivity index (χ2v) is 8.66. The topological polar surface area (TPSA) is 53.1 Å². The van der Waals surface area contributed by atoms with Crippen LogP contribution >= 0.6 is 0 Å². The molecule has 0 radical (unpaired) electrons. The molecule has 28 heavy (non-hydrogen) atoms. The molecule has 3 aliphatic rings. The van der Waals surface area contributed by atoms with Crippen molar-refractivity contribution >= 4 is 11.8 Å². The summed E-state index contributed by atoms with van der Waals surface area (Å²) in [6.45, 7) is 5.66. The van der Waals surface area contributed by atoms with E-state index in [1.807, 2.05) is 35.0 Å². The van der Waals surface area contributed by atoms with E-state index in [4.69, 9.17) is 4.74 Å². The molecule has 0 bridgehead atoms. The Morgan fingerprint density at radius 2 is 1.86 bits per heavy atom. The lowest BCUT2D eigenvalue weighted by Gasteiger charge is -2.43. The molecule has 6 nitrogen and oxygen atoms in total. The van der Waals surface area contributed by atoms with Gasteiger partial charge in [-0.2, -0.15) is 0 Å². The first-order valence-corrected chi connectivity index (χ1v) is 10.4. The average molecular weight is 386 g/mol. The van der Waals surface area contributed by atoms with Crippen LogP contribution < -0.4 is 0 Å². The third-order valence-corrected chi connectivity index (χ3v) is 6.48. The Kier molecular flexibility index (Phi) is 5.69.